The maximum Gasteiger partial charge on any atom is 0.246 e. The third-order valence-corrected chi connectivity index (χ3v) is 5.10. The number of nitrogens with zero attached hydrogens (tertiary/aromatic N) is 2. The van der Waals surface area contributed by atoms with Gasteiger partial charge < -0.3 is 19.1 Å². The zero-order valence-electron chi connectivity index (χ0n) is 17.3. The summed E-state index contributed by atoms with van der Waals surface area (Å²) in [5.41, 5.74) is 2.09. The van der Waals surface area contributed by atoms with Gasteiger partial charge in [-0.2, -0.15) is 0 Å². The molecular weight excluding hydrogens is 368 g/mol. The van der Waals surface area contributed by atoms with Crippen molar-refractivity contribution in [2.24, 2.45) is 0 Å². The summed E-state index contributed by atoms with van der Waals surface area (Å²) in [4.78, 5) is 16.8. The second-order valence-electron chi connectivity index (χ2n) is 6.89. The number of benzene rings is 2. The first kappa shape index (κ1) is 20.7. The Kier molecular flexibility index (Phi) is 7.14. The van der Waals surface area contributed by atoms with E-state index in [1.807, 2.05) is 35.2 Å². The standard InChI is InChI=1S/C23H28N2O4/c1-27-20-8-4-18(5-9-20)17-24-12-14-25(15-13-24)23(26)11-7-19-6-10-21(28-2)16-22(19)29-3/h4-11,16H,12-15,17H2,1-3H3/b11-7+. The van der Waals surface area contributed by atoms with Crippen molar-refractivity contribution in [2.75, 3.05) is 47.5 Å². The van der Waals surface area contributed by atoms with Gasteiger partial charge in [0.15, 0.2) is 0 Å². The highest BCUT2D eigenvalue weighted by Gasteiger charge is 2.19. The fourth-order valence-corrected chi connectivity index (χ4v) is 3.34. The van der Waals surface area contributed by atoms with E-state index in [4.69, 9.17) is 14.2 Å². The molecule has 0 atom stereocenters. The molecule has 0 bridgehead atoms. The predicted octanol–water partition coefficient (Wildman–Crippen LogP) is 3.07. The molecule has 1 heterocycles. The number of methoxy groups -OCH3 is 3. The molecule has 154 valence electrons. The largest absolute Gasteiger partial charge is 0.497 e. The molecule has 2 aromatic rings. The van der Waals surface area contributed by atoms with E-state index >= 15 is 0 Å². The molecule has 1 aliphatic rings. The fraction of sp³-hybridized carbons (Fsp3) is 0.348. The summed E-state index contributed by atoms with van der Waals surface area (Å²) in [6.45, 7) is 4.04. The second-order valence-corrected chi connectivity index (χ2v) is 6.89. The summed E-state index contributed by atoms with van der Waals surface area (Å²) >= 11 is 0. The lowest BCUT2D eigenvalue weighted by atomic mass is 10.1. The van der Waals surface area contributed by atoms with Crippen LogP contribution in [0.15, 0.2) is 48.5 Å². The van der Waals surface area contributed by atoms with E-state index in [1.165, 1.54) is 5.56 Å². The van der Waals surface area contributed by atoms with Crippen LogP contribution >= 0.6 is 0 Å². The van der Waals surface area contributed by atoms with Gasteiger partial charge >= 0.3 is 0 Å². The third kappa shape index (κ3) is 5.51. The topological polar surface area (TPSA) is 51.2 Å². The van der Waals surface area contributed by atoms with Crippen LogP contribution in [0.2, 0.25) is 0 Å². The molecule has 1 saturated heterocycles. The van der Waals surface area contributed by atoms with E-state index in [1.54, 1.807) is 33.5 Å². The smallest absolute Gasteiger partial charge is 0.246 e. The average molecular weight is 396 g/mol. The number of hydrogen-bond acceptors (Lipinski definition) is 5. The van der Waals surface area contributed by atoms with E-state index in [9.17, 15) is 4.79 Å². The van der Waals surface area contributed by atoms with Crippen molar-refractivity contribution in [1.29, 1.82) is 0 Å². The minimum atomic E-state index is 0.0203. The number of carbonyl (C=O) groups excluding carboxylic acids is 1. The Hall–Kier alpha value is -2.99. The minimum Gasteiger partial charge on any atom is -0.497 e. The molecule has 0 saturated carbocycles. The van der Waals surface area contributed by atoms with Crippen LogP contribution in [0.1, 0.15) is 11.1 Å². The Morgan fingerprint density at radius 3 is 2.17 bits per heavy atom. The van der Waals surface area contributed by atoms with Crippen LogP contribution in [-0.2, 0) is 11.3 Å². The summed E-state index contributed by atoms with van der Waals surface area (Å²) < 4.78 is 15.8. The van der Waals surface area contributed by atoms with Crippen LogP contribution < -0.4 is 14.2 Å². The van der Waals surface area contributed by atoms with Crippen LogP contribution in [0.5, 0.6) is 17.2 Å². The number of piperazine rings is 1. The Morgan fingerprint density at radius 1 is 0.897 bits per heavy atom. The lowest BCUT2D eigenvalue weighted by Crippen LogP contribution is -2.47. The van der Waals surface area contributed by atoms with Crippen molar-refractivity contribution >= 4 is 12.0 Å². The van der Waals surface area contributed by atoms with Crippen LogP contribution in [-0.4, -0.2) is 63.2 Å². The summed E-state index contributed by atoms with van der Waals surface area (Å²) in [5, 5.41) is 0. The maximum atomic E-state index is 12.6. The molecule has 29 heavy (non-hydrogen) atoms. The Bertz CT molecular complexity index is 840. The highest BCUT2D eigenvalue weighted by atomic mass is 16.5. The van der Waals surface area contributed by atoms with Crippen molar-refractivity contribution in [3.63, 3.8) is 0 Å². The number of amides is 1. The van der Waals surface area contributed by atoms with E-state index in [-0.39, 0.29) is 5.91 Å². The first-order valence-corrected chi connectivity index (χ1v) is 9.67. The van der Waals surface area contributed by atoms with Crippen LogP contribution in [0.4, 0.5) is 0 Å². The van der Waals surface area contributed by atoms with Gasteiger partial charge in [-0.15, -0.1) is 0 Å². The normalized spacial score (nSPS) is 14.8. The molecule has 1 amide bonds. The molecule has 0 unspecified atom stereocenters. The molecule has 0 radical (unpaired) electrons. The van der Waals surface area contributed by atoms with Gasteiger partial charge in [0.25, 0.3) is 0 Å². The number of hydrogen-bond donors (Lipinski definition) is 0. The summed E-state index contributed by atoms with van der Waals surface area (Å²) in [6.07, 6.45) is 3.41. The molecule has 6 heteroatoms. The van der Waals surface area contributed by atoms with Crippen molar-refractivity contribution in [2.45, 2.75) is 6.54 Å². The van der Waals surface area contributed by atoms with Crippen LogP contribution in [0.3, 0.4) is 0 Å². The summed E-state index contributed by atoms with van der Waals surface area (Å²) in [6, 6.07) is 13.7. The lowest BCUT2D eigenvalue weighted by Gasteiger charge is -2.34. The molecule has 0 aromatic heterocycles. The molecule has 3 rings (SSSR count). The van der Waals surface area contributed by atoms with Gasteiger partial charge in [-0.1, -0.05) is 12.1 Å². The number of carbonyl (C=O) groups is 1. The van der Waals surface area contributed by atoms with Crippen LogP contribution in [0.25, 0.3) is 6.08 Å². The van der Waals surface area contributed by atoms with Gasteiger partial charge in [0, 0.05) is 50.4 Å². The third-order valence-electron chi connectivity index (χ3n) is 5.10. The van der Waals surface area contributed by atoms with Gasteiger partial charge in [-0.25, -0.2) is 0 Å². The highest BCUT2D eigenvalue weighted by molar-refractivity contribution is 5.92. The van der Waals surface area contributed by atoms with Gasteiger partial charge in [0.1, 0.15) is 17.2 Å². The summed E-state index contributed by atoms with van der Waals surface area (Å²) in [5.74, 6) is 2.28. The quantitative estimate of drug-likeness (QED) is 0.674. The lowest BCUT2D eigenvalue weighted by molar-refractivity contribution is -0.127. The van der Waals surface area contributed by atoms with Crippen molar-refractivity contribution in [3.8, 4) is 17.2 Å². The first-order chi connectivity index (χ1) is 14.1. The predicted molar refractivity (Wildman–Crippen MR) is 113 cm³/mol. The maximum absolute atomic E-state index is 12.6. The Morgan fingerprint density at radius 2 is 1.55 bits per heavy atom. The van der Waals surface area contributed by atoms with Crippen molar-refractivity contribution in [1.82, 2.24) is 9.80 Å². The molecular formula is C23H28N2O4. The molecule has 2 aromatic carbocycles. The molecule has 0 spiro atoms. The molecule has 0 aliphatic carbocycles. The SMILES string of the molecule is COc1ccc(CN2CCN(C(=O)/C=C/c3ccc(OC)cc3OC)CC2)cc1. The van der Waals surface area contributed by atoms with Crippen molar-refractivity contribution in [3.05, 3.63) is 59.7 Å². The monoisotopic (exact) mass is 396 g/mol. The van der Waals surface area contributed by atoms with Crippen LogP contribution in [0, 0.1) is 0 Å². The van der Waals surface area contributed by atoms with E-state index in [0.29, 0.717) is 5.75 Å². The van der Waals surface area contributed by atoms with Gasteiger partial charge in [-0.05, 0) is 35.9 Å². The first-order valence-electron chi connectivity index (χ1n) is 9.67. The minimum absolute atomic E-state index is 0.0203. The Balaban J connectivity index is 1.52. The zero-order chi connectivity index (χ0) is 20.6. The van der Waals surface area contributed by atoms with Gasteiger partial charge in [0.2, 0.25) is 5.91 Å². The summed E-state index contributed by atoms with van der Waals surface area (Å²) in [7, 11) is 4.89. The van der Waals surface area contributed by atoms with E-state index in [2.05, 4.69) is 17.0 Å². The Labute approximate surface area is 172 Å². The fourth-order valence-electron chi connectivity index (χ4n) is 3.34. The molecule has 6 nitrogen and oxygen atoms in total. The van der Waals surface area contributed by atoms with Gasteiger partial charge in [0.05, 0.1) is 21.3 Å². The van der Waals surface area contributed by atoms with E-state index < -0.39 is 0 Å². The highest BCUT2D eigenvalue weighted by Crippen LogP contribution is 2.25. The zero-order valence-corrected chi connectivity index (χ0v) is 17.3. The molecule has 1 aliphatic heterocycles. The average Bonchev–Trinajstić information content (AvgIpc) is 2.78. The number of ether oxygens (including phenoxy) is 3. The molecule has 0 N–H and O–H groups in total. The second kappa shape index (κ2) is 9.98. The van der Waals surface area contributed by atoms with E-state index in [0.717, 1.165) is 49.8 Å². The number of rotatable bonds is 7. The van der Waals surface area contributed by atoms with Crippen molar-refractivity contribution < 1.29 is 19.0 Å². The molecule has 1 fully saturated rings. The van der Waals surface area contributed by atoms with Gasteiger partial charge in [-0.3, -0.25) is 9.69 Å².